The average Bonchev–Trinajstić information content (AvgIpc) is 2.84. The summed E-state index contributed by atoms with van der Waals surface area (Å²) in [7, 11) is 0. The van der Waals surface area contributed by atoms with E-state index in [4.69, 9.17) is 23.2 Å². The highest BCUT2D eigenvalue weighted by Crippen LogP contribution is 2.25. The highest BCUT2D eigenvalue weighted by atomic mass is 35.5. The van der Waals surface area contributed by atoms with Crippen molar-refractivity contribution in [2.75, 3.05) is 5.75 Å². The van der Waals surface area contributed by atoms with E-state index in [9.17, 15) is 9.59 Å². The Labute approximate surface area is 234 Å². The smallest absolute Gasteiger partial charge is 0.243 e. The van der Waals surface area contributed by atoms with Crippen molar-refractivity contribution >= 4 is 46.8 Å². The first kappa shape index (κ1) is 29.1. The van der Waals surface area contributed by atoms with Crippen LogP contribution in [0.5, 0.6) is 0 Å². The van der Waals surface area contributed by atoms with E-state index in [-0.39, 0.29) is 24.1 Å². The first-order valence-electron chi connectivity index (χ1n) is 12.2. The Kier molecular flexibility index (Phi) is 10.5. The zero-order valence-corrected chi connectivity index (χ0v) is 24.1. The van der Waals surface area contributed by atoms with Gasteiger partial charge in [-0.15, -0.1) is 11.8 Å². The molecule has 0 heterocycles. The quantitative estimate of drug-likeness (QED) is 0.290. The van der Waals surface area contributed by atoms with Gasteiger partial charge in [0.15, 0.2) is 0 Å². The van der Waals surface area contributed by atoms with Gasteiger partial charge in [-0.1, -0.05) is 89.4 Å². The van der Waals surface area contributed by atoms with Crippen LogP contribution in [0.3, 0.4) is 0 Å². The van der Waals surface area contributed by atoms with Crippen molar-refractivity contribution in [3.63, 3.8) is 0 Å². The monoisotopic (exact) mass is 556 g/mol. The minimum Gasteiger partial charge on any atom is -0.350 e. The summed E-state index contributed by atoms with van der Waals surface area (Å²) in [6, 6.07) is 22.7. The summed E-state index contributed by atoms with van der Waals surface area (Å²) in [5, 5.41) is 3.94. The van der Waals surface area contributed by atoms with Gasteiger partial charge in [-0.05, 0) is 56.5 Å². The zero-order valence-electron chi connectivity index (χ0n) is 21.8. The molecule has 0 aliphatic heterocycles. The molecule has 0 aromatic heterocycles. The Balaban J connectivity index is 1.88. The molecule has 196 valence electrons. The molecule has 0 aliphatic carbocycles. The Morgan fingerprint density at radius 1 is 0.892 bits per heavy atom. The number of carbonyl (C=O) groups is 2. The van der Waals surface area contributed by atoms with Crippen LogP contribution in [0.25, 0.3) is 0 Å². The fourth-order valence-electron chi connectivity index (χ4n) is 3.86. The lowest BCUT2D eigenvalue weighted by molar-refractivity contribution is -0.140. The van der Waals surface area contributed by atoms with E-state index in [1.54, 1.807) is 28.8 Å². The fraction of sp³-hybridized carbons (Fsp3) is 0.333. The lowest BCUT2D eigenvalue weighted by atomic mass is 10.0. The second kappa shape index (κ2) is 13.4. The third-order valence-corrected chi connectivity index (χ3v) is 7.45. The van der Waals surface area contributed by atoms with Crippen LogP contribution < -0.4 is 5.32 Å². The van der Waals surface area contributed by atoms with Crippen LogP contribution in [0.2, 0.25) is 10.0 Å². The summed E-state index contributed by atoms with van der Waals surface area (Å²) in [5.74, 6) is 0.675. The molecule has 4 nitrogen and oxygen atoms in total. The number of halogens is 2. The molecule has 0 bridgehead atoms. The molecule has 0 radical (unpaired) electrons. The molecule has 3 aromatic carbocycles. The second-order valence-electron chi connectivity index (χ2n) is 10.2. The standard InChI is InChI=1S/C30H34Cl2N2O2S/c1-21-10-12-23(13-11-21)19-37-20-28(35)34(18-24-14-15-25(31)26(32)16-24)27(29(36)33-30(2,3)4)17-22-8-6-5-7-9-22/h5-16,27H,17-20H2,1-4H3,(H,33,36)/t27-/m1/s1. The van der Waals surface area contributed by atoms with E-state index in [0.29, 0.717) is 22.2 Å². The van der Waals surface area contributed by atoms with Gasteiger partial charge >= 0.3 is 0 Å². The molecule has 3 aromatic rings. The van der Waals surface area contributed by atoms with Crippen LogP contribution in [0.15, 0.2) is 72.8 Å². The predicted molar refractivity (Wildman–Crippen MR) is 156 cm³/mol. The van der Waals surface area contributed by atoms with Gasteiger partial charge in [-0.3, -0.25) is 9.59 Å². The minimum absolute atomic E-state index is 0.104. The lowest BCUT2D eigenvalue weighted by Crippen LogP contribution is -2.54. The van der Waals surface area contributed by atoms with Crippen LogP contribution in [-0.4, -0.2) is 34.0 Å². The zero-order chi connectivity index (χ0) is 27.0. The van der Waals surface area contributed by atoms with Gasteiger partial charge in [0.1, 0.15) is 6.04 Å². The molecule has 2 amide bonds. The van der Waals surface area contributed by atoms with E-state index in [2.05, 4.69) is 36.5 Å². The Bertz CT molecular complexity index is 1190. The SMILES string of the molecule is Cc1ccc(CSCC(=O)N(Cc2ccc(Cl)c(Cl)c2)[C@H](Cc2ccccc2)C(=O)NC(C)(C)C)cc1. The molecule has 7 heteroatoms. The Hall–Kier alpha value is -2.47. The van der Waals surface area contributed by atoms with E-state index >= 15 is 0 Å². The van der Waals surface area contributed by atoms with Crippen molar-refractivity contribution in [2.45, 2.75) is 58.0 Å². The molecule has 0 spiro atoms. The van der Waals surface area contributed by atoms with Gasteiger partial charge in [0.2, 0.25) is 11.8 Å². The van der Waals surface area contributed by atoms with Crippen molar-refractivity contribution in [1.82, 2.24) is 10.2 Å². The van der Waals surface area contributed by atoms with Gasteiger partial charge < -0.3 is 10.2 Å². The number of carbonyl (C=O) groups excluding carboxylic acids is 2. The van der Waals surface area contributed by atoms with Crippen LogP contribution >= 0.6 is 35.0 Å². The van der Waals surface area contributed by atoms with Crippen molar-refractivity contribution in [3.05, 3.63) is 105 Å². The fourth-order valence-corrected chi connectivity index (χ4v) is 5.06. The maximum absolute atomic E-state index is 13.7. The highest BCUT2D eigenvalue weighted by molar-refractivity contribution is 7.99. The summed E-state index contributed by atoms with van der Waals surface area (Å²) in [4.78, 5) is 29.0. The van der Waals surface area contributed by atoms with Crippen molar-refractivity contribution in [2.24, 2.45) is 0 Å². The Morgan fingerprint density at radius 3 is 2.16 bits per heavy atom. The first-order valence-corrected chi connectivity index (χ1v) is 14.2. The van der Waals surface area contributed by atoms with E-state index in [1.807, 2.05) is 57.2 Å². The van der Waals surface area contributed by atoms with Gasteiger partial charge in [0.05, 0.1) is 15.8 Å². The molecule has 0 saturated heterocycles. The van der Waals surface area contributed by atoms with Gasteiger partial charge in [0, 0.05) is 24.3 Å². The normalized spacial score (nSPS) is 12.2. The number of nitrogens with zero attached hydrogens (tertiary/aromatic N) is 1. The topological polar surface area (TPSA) is 49.4 Å². The minimum atomic E-state index is -0.691. The van der Waals surface area contributed by atoms with Crippen LogP contribution in [0.4, 0.5) is 0 Å². The third kappa shape index (κ3) is 9.41. The number of rotatable bonds is 10. The predicted octanol–water partition coefficient (Wildman–Crippen LogP) is 7.09. The summed E-state index contributed by atoms with van der Waals surface area (Å²) in [6.07, 6.45) is 0.401. The molecule has 0 fully saturated rings. The molecule has 3 rings (SSSR count). The third-order valence-electron chi connectivity index (χ3n) is 5.72. The average molecular weight is 558 g/mol. The van der Waals surface area contributed by atoms with E-state index in [1.165, 1.54) is 5.56 Å². The molecule has 37 heavy (non-hydrogen) atoms. The van der Waals surface area contributed by atoms with E-state index in [0.717, 1.165) is 16.7 Å². The maximum Gasteiger partial charge on any atom is 0.243 e. The molecule has 1 atom stereocenters. The maximum atomic E-state index is 13.7. The number of aryl methyl sites for hydroxylation is 1. The number of thioether (sulfide) groups is 1. The summed E-state index contributed by atoms with van der Waals surface area (Å²) in [5.41, 5.74) is 3.71. The van der Waals surface area contributed by atoms with Crippen molar-refractivity contribution in [1.29, 1.82) is 0 Å². The van der Waals surface area contributed by atoms with Gasteiger partial charge in [-0.25, -0.2) is 0 Å². The second-order valence-corrected chi connectivity index (χ2v) is 12.0. The molecule has 0 aliphatic rings. The Morgan fingerprint density at radius 2 is 1.54 bits per heavy atom. The van der Waals surface area contributed by atoms with Crippen molar-refractivity contribution < 1.29 is 9.59 Å². The van der Waals surface area contributed by atoms with E-state index < -0.39 is 11.6 Å². The largest absolute Gasteiger partial charge is 0.350 e. The summed E-state index contributed by atoms with van der Waals surface area (Å²) < 4.78 is 0. The number of hydrogen-bond donors (Lipinski definition) is 1. The van der Waals surface area contributed by atoms with Crippen LogP contribution in [-0.2, 0) is 28.3 Å². The molecule has 0 unspecified atom stereocenters. The van der Waals surface area contributed by atoms with Gasteiger partial charge in [0.25, 0.3) is 0 Å². The van der Waals surface area contributed by atoms with Gasteiger partial charge in [-0.2, -0.15) is 0 Å². The summed E-state index contributed by atoms with van der Waals surface area (Å²) in [6.45, 7) is 8.11. The number of hydrogen-bond acceptors (Lipinski definition) is 3. The van der Waals surface area contributed by atoms with Crippen LogP contribution in [0.1, 0.15) is 43.0 Å². The number of amides is 2. The van der Waals surface area contributed by atoms with Crippen molar-refractivity contribution in [3.8, 4) is 0 Å². The lowest BCUT2D eigenvalue weighted by Gasteiger charge is -2.34. The highest BCUT2D eigenvalue weighted by Gasteiger charge is 2.32. The number of benzene rings is 3. The summed E-state index contributed by atoms with van der Waals surface area (Å²) >= 11 is 14.0. The molecule has 1 N–H and O–H groups in total. The first-order chi connectivity index (χ1) is 17.5. The number of nitrogens with one attached hydrogen (secondary N) is 1. The molecule has 0 saturated carbocycles. The molecular formula is C30H34Cl2N2O2S. The molecular weight excluding hydrogens is 523 g/mol. The van der Waals surface area contributed by atoms with Crippen LogP contribution in [0, 0.1) is 6.92 Å².